The molecule has 1 atom stereocenters. The average Bonchev–Trinajstić information content (AvgIpc) is 3.28. The molecular weight excluding hydrogens is 456 g/mol. The molecule has 3 aromatic rings. The Balaban J connectivity index is 1.85. The molecule has 5 nitrogen and oxygen atoms in total. The lowest BCUT2D eigenvalue weighted by atomic mass is 10.2. The van der Waals surface area contributed by atoms with Crippen molar-refractivity contribution in [3.8, 4) is 0 Å². The number of thiophene rings is 1. The number of hydrogen-bond donors (Lipinski definition) is 0. The fraction of sp³-hybridized carbons (Fsp3) is 0.350. The highest BCUT2D eigenvalue weighted by Gasteiger charge is 2.23. The zero-order valence-corrected chi connectivity index (χ0v) is 19.4. The van der Waals surface area contributed by atoms with Crippen LogP contribution in [0.25, 0.3) is 0 Å². The second kappa shape index (κ2) is 9.82. The van der Waals surface area contributed by atoms with Gasteiger partial charge in [0, 0.05) is 0 Å². The number of benzene rings is 1. The monoisotopic (exact) mass is 478 g/mol. The lowest BCUT2D eigenvalue weighted by Crippen LogP contribution is -2.23. The molecule has 0 fully saturated rings. The molecule has 0 spiro atoms. The van der Waals surface area contributed by atoms with Crippen molar-refractivity contribution in [2.45, 2.75) is 31.1 Å². The zero-order valence-electron chi connectivity index (χ0n) is 16.1. The number of carbonyl (C=O) groups excluding carboxylic acids is 1. The number of ketones is 1. The van der Waals surface area contributed by atoms with Gasteiger partial charge in [-0.1, -0.05) is 49.0 Å². The summed E-state index contributed by atoms with van der Waals surface area (Å²) in [5, 5.41) is 9.70. The molecule has 0 amide bonds. The molecule has 2 aromatic heterocycles. The Kier molecular flexibility index (Phi) is 7.45. The van der Waals surface area contributed by atoms with Gasteiger partial charge in [0.05, 0.1) is 27.0 Å². The summed E-state index contributed by atoms with van der Waals surface area (Å²) in [4.78, 5) is 15.4. The van der Waals surface area contributed by atoms with E-state index in [1.54, 1.807) is 0 Å². The largest absolute Gasteiger partial charge is 0.300 e. The molecule has 0 bridgehead atoms. The van der Waals surface area contributed by atoms with Crippen LogP contribution in [0.5, 0.6) is 0 Å². The molecular formula is C20H23BrN4OS2. The van der Waals surface area contributed by atoms with Gasteiger partial charge in [0.2, 0.25) is 0 Å². The minimum absolute atomic E-state index is 0.108. The van der Waals surface area contributed by atoms with Gasteiger partial charge in [0.1, 0.15) is 0 Å². The van der Waals surface area contributed by atoms with Crippen molar-refractivity contribution in [3.63, 3.8) is 0 Å². The third-order valence-electron chi connectivity index (χ3n) is 4.42. The van der Waals surface area contributed by atoms with E-state index < -0.39 is 0 Å². The molecule has 0 radical (unpaired) electrons. The predicted molar refractivity (Wildman–Crippen MR) is 119 cm³/mol. The lowest BCUT2D eigenvalue weighted by molar-refractivity contribution is 0.102. The van der Waals surface area contributed by atoms with Gasteiger partial charge in [-0.15, -0.1) is 21.5 Å². The number of nitrogens with zero attached hydrogens (tertiary/aromatic N) is 4. The van der Waals surface area contributed by atoms with Crippen LogP contribution >= 0.6 is 39.0 Å². The lowest BCUT2D eigenvalue weighted by Gasteiger charge is -2.23. The fourth-order valence-electron chi connectivity index (χ4n) is 3.01. The molecule has 0 aliphatic heterocycles. The molecule has 0 aliphatic rings. The van der Waals surface area contributed by atoms with Gasteiger partial charge in [-0.3, -0.25) is 9.69 Å². The summed E-state index contributed by atoms with van der Waals surface area (Å²) in [6.07, 6.45) is 0.937. The van der Waals surface area contributed by atoms with Crippen molar-refractivity contribution in [2.24, 2.45) is 0 Å². The minimum Gasteiger partial charge on any atom is -0.300 e. The van der Waals surface area contributed by atoms with Crippen molar-refractivity contribution >= 4 is 44.8 Å². The Morgan fingerprint density at radius 2 is 1.96 bits per heavy atom. The van der Waals surface area contributed by atoms with E-state index in [-0.39, 0.29) is 11.8 Å². The van der Waals surface area contributed by atoms with Crippen molar-refractivity contribution in [1.29, 1.82) is 0 Å². The standard InChI is InChI=1S/C20H23BrN4OS2/c1-4-15(24(2)3)19-22-23-20(25(19)12-14-8-6-5-7-9-14)27-13-16(26)17-10-11-18(21)28-17/h5-11,15H,4,12-13H2,1-3H3/t15-/m0/s1. The van der Waals surface area contributed by atoms with E-state index in [1.807, 2.05) is 30.3 Å². The van der Waals surface area contributed by atoms with E-state index in [0.29, 0.717) is 12.3 Å². The number of rotatable bonds is 9. The molecule has 0 N–H and O–H groups in total. The number of carbonyl (C=O) groups is 1. The SMILES string of the molecule is CC[C@@H](c1nnc(SCC(=O)c2ccc(Br)s2)n1Cc1ccccc1)N(C)C. The van der Waals surface area contributed by atoms with Gasteiger partial charge in [0.15, 0.2) is 16.8 Å². The van der Waals surface area contributed by atoms with Crippen molar-refractivity contribution in [2.75, 3.05) is 19.8 Å². The molecule has 0 saturated carbocycles. The number of aromatic nitrogens is 3. The van der Waals surface area contributed by atoms with Crippen LogP contribution in [0.4, 0.5) is 0 Å². The number of thioether (sulfide) groups is 1. The Morgan fingerprint density at radius 1 is 1.21 bits per heavy atom. The smallest absolute Gasteiger partial charge is 0.192 e. The molecule has 8 heteroatoms. The summed E-state index contributed by atoms with van der Waals surface area (Å²) < 4.78 is 3.11. The van der Waals surface area contributed by atoms with Gasteiger partial charge in [0.25, 0.3) is 0 Å². The van der Waals surface area contributed by atoms with Gasteiger partial charge < -0.3 is 4.57 Å². The first-order valence-corrected chi connectivity index (χ1v) is 11.6. The summed E-state index contributed by atoms with van der Waals surface area (Å²) in [7, 11) is 4.11. The fourth-order valence-corrected chi connectivity index (χ4v) is 5.26. The highest BCUT2D eigenvalue weighted by atomic mass is 79.9. The van der Waals surface area contributed by atoms with Gasteiger partial charge in [-0.05, 0) is 54.1 Å². The molecule has 0 saturated heterocycles. The normalized spacial score (nSPS) is 12.5. The maximum Gasteiger partial charge on any atom is 0.192 e. The van der Waals surface area contributed by atoms with Crippen LogP contribution in [0, 0.1) is 0 Å². The Hall–Kier alpha value is -1.48. The van der Waals surface area contributed by atoms with E-state index in [2.05, 4.69) is 68.7 Å². The molecule has 0 unspecified atom stereocenters. The molecule has 1 aromatic carbocycles. The molecule has 148 valence electrons. The first-order valence-electron chi connectivity index (χ1n) is 9.04. The molecule has 0 aliphatic carbocycles. The zero-order chi connectivity index (χ0) is 20.1. The summed E-state index contributed by atoms with van der Waals surface area (Å²) in [5.41, 5.74) is 1.19. The summed E-state index contributed by atoms with van der Waals surface area (Å²) in [6, 6.07) is 14.2. The van der Waals surface area contributed by atoms with Crippen LogP contribution in [0.3, 0.4) is 0 Å². The Labute approximate surface area is 182 Å². The van der Waals surface area contributed by atoms with E-state index in [4.69, 9.17) is 0 Å². The average molecular weight is 479 g/mol. The summed E-state index contributed by atoms with van der Waals surface area (Å²) >= 11 is 6.33. The van der Waals surface area contributed by atoms with Crippen LogP contribution in [0.1, 0.15) is 40.4 Å². The minimum atomic E-state index is 0.108. The third-order valence-corrected chi connectivity index (χ3v) is 7.05. The quantitative estimate of drug-likeness (QED) is 0.314. The highest BCUT2D eigenvalue weighted by Crippen LogP contribution is 2.28. The van der Waals surface area contributed by atoms with Crippen LogP contribution in [0.15, 0.2) is 51.4 Å². The molecule has 28 heavy (non-hydrogen) atoms. The Morgan fingerprint density at radius 3 is 2.57 bits per heavy atom. The first kappa shape index (κ1) is 21.2. The number of halogens is 1. The van der Waals surface area contributed by atoms with Crippen LogP contribution in [0.2, 0.25) is 0 Å². The first-order chi connectivity index (χ1) is 13.5. The molecule has 3 rings (SSSR count). The number of Topliss-reactive ketones (excluding diaryl/α,β-unsaturated/α-hetero) is 1. The van der Waals surface area contributed by atoms with E-state index in [1.165, 1.54) is 28.7 Å². The van der Waals surface area contributed by atoms with Crippen LogP contribution in [-0.2, 0) is 6.54 Å². The van der Waals surface area contributed by atoms with Crippen molar-refractivity contribution in [1.82, 2.24) is 19.7 Å². The van der Waals surface area contributed by atoms with Gasteiger partial charge in [-0.25, -0.2) is 0 Å². The van der Waals surface area contributed by atoms with E-state index >= 15 is 0 Å². The molecule has 2 heterocycles. The maximum absolute atomic E-state index is 12.5. The predicted octanol–water partition coefficient (Wildman–Crippen LogP) is 5.14. The number of hydrogen-bond acceptors (Lipinski definition) is 6. The second-order valence-corrected chi connectivity index (χ2v) is 10.0. The third kappa shape index (κ3) is 5.11. The van der Waals surface area contributed by atoms with Crippen molar-refractivity contribution in [3.05, 3.63) is 62.5 Å². The van der Waals surface area contributed by atoms with Crippen molar-refractivity contribution < 1.29 is 4.79 Å². The highest BCUT2D eigenvalue weighted by molar-refractivity contribution is 9.11. The van der Waals surface area contributed by atoms with Crippen LogP contribution < -0.4 is 0 Å². The van der Waals surface area contributed by atoms with Gasteiger partial charge in [-0.2, -0.15) is 0 Å². The summed E-state index contributed by atoms with van der Waals surface area (Å²) in [6.45, 7) is 2.84. The Bertz CT molecular complexity index is 923. The summed E-state index contributed by atoms with van der Waals surface area (Å²) in [5.74, 6) is 1.39. The van der Waals surface area contributed by atoms with E-state index in [9.17, 15) is 4.79 Å². The topological polar surface area (TPSA) is 51.0 Å². The van der Waals surface area contributed by atoms with Gasteiger partial charge >= 0.3 is 0 Å². The second-order valence-electron chi connectivity index (χ2n) is 6.62. The van der Waals surface area contributed by atoms with Crippen LogP contribution in [-0.4, -0.2) is 45.3 Å². The van der Waals surface area contributed by atoms with E-state index in [0.717, 1.165) is 26.1 Å². The maximum atomic E-state index is 12.5.